The van der Waals surface area contributed by atoms with Gasteiger partial charge in [0.05, 0.1) is 19.3 Å². The van der Waals surface area contributed by atoms with E-state index in [9.17, 15) is 19.8 Å². The summed E-state index contributed by atoms with van der Waals surface area (Å²) in [6.45, 7) is 1.11. The molecule has 2 aliphatic heterocycles. The number of hydrogen-bond acceptors (Lipinski definition) is 5. The number of likely N-dealkylation sites (tertiary alicyclic amines) is 1. The molecule has 1 aromatic carbocycles. The Balaban J connectivity index is 1.62. The summed E-state index contributed by atoms with van der Waals surface area (Å²) in [5.74, 6) is -1.43. The SMILES string of the molecule is O=C(c1n[nH]c2c1COCC2)N1CC[C@H](O)[C@](Cc2ccccc2)(C(=O)O)C1. The van der Waals surface area contributed by atoms with Crippen molar-refractivity contribution in [1.29, 1.82) is 0 Å². The van der Waals surface area contributed by atoms with Crippen LogP contribution in [0.25, 0.3) is 0 Å². The van der Waals surface area contributed by atoms with Crippen LogP contribution < -0.4 is 0 Å². The second-order valence-electron chi connectivity index (χ2n) is 7.49. The number of carbonyl (C=O) groups excluding carboxylic acids is 1. The Labute approximate surface area is 162 Å². The average Bonchev–Trinajstić information content (AvgIpc) is 3.14. The van der Waals surface area contributed by atoms with Crippen molar-refractivity contribution in [2.75, 3.05) is 19.7 Å². The van der Waals surface area contributed by atoms with Gasteiger partial charge in [0.1, 0.15) is 5.41 Å². The molecule has 2 aliphatic rings. The highest BCUT2D eigenvalue weighted by Gasteiger charge is 2.50. The van der Waals surface area contributed by atoms with Gasteiger partial charge in [-0.1, -0.05) is 30.3 Å². The minimum Gasteiger partial charge on any atom is -0.481 e. The van der Waals surface area contributed by atoms with E-state index in [1.165, 1.54) is 4.90 Å². The van der Waals surface area contributed by atoms with Crippen LogP contribution in [0.5, 0.6) is 0 Å². The standard InChI is InChI=1S/C20H23N3O5/c24-16-6-8-23(18(25)17-14-11-28-9-7-15(14)21-22-17)12-20(16,19(26)27)10-13-4-2-1-3-5-13/h1-5,16,24H,6-12H2,(H,21,22)(H,26,27)/t16-,20+/m0/s1. The maximum Gasteiger partial charge on any atom is 0.314 e. The molecule has 1 saturated heterocycles. The van der Waals surface area contributed by atoms with Crippen LogP contribution in [-0.4, -0.2) is 63.0 Å². The number of H-pyrrole nitrogens is 1. The molecule has 0 spiro atoms. The molecule has 0 aliphatic carbocycles. The number of nitrogens with zero attached hydrogens (tertiary/aromatic N) is 2. The van der Waals surface area contributed by atoms with E-state index in [4.69, 9.17) is 4.74 Å². The molecule has 8 nitrogen and oxygen atoms in total. The molecule has 4 rings (SSSR count). The average molecular weight is 385 g/mol. The van der Waals surface area contributed by atoms with Crippen LogP contribution in [0.2, 0.25) is 0 Å². The van der Waals surface area contributed by atoms with Gasteiger partial charge in [-0.15, -0.1) is 0 Å². The number of aliphatic hydroxyl groups is 1. The smallest absolute Gasteiger partial charge is 0.314 e. The number of aromatic amines is 1. The van der Waals surface area contributed by atoms with E-state index >= 15 is 0 Å². The Kier molecular flexibility index (Phi) is 4.91. The van der Waals surface area contributed by atoms with Crippen LogP contribution in [0.3, 0.4) is 0 Å². The number of nitrogens with one attached hydrogen (secondary N) is 1. The van der Waals surface area contributed by atoms with Crippen LogP contribution >= 0.6 is 0 Å². The largest absolute Gasteiger partial charge is 0.481 e. The Morgan fingerprint density at radius 3 is 2.86 bits per heavy atom. The molecule has 0 unspecified atom stereocenters. The highest BCUT2D eigenvalue weighted by molar-refractivity contribution is 5.94. The predicted octanol–water partition coefficient (Wildman–Crippen LogP) is 1.00. The number of carboxylic acid groups (broad SMARTS) is 1. The zero-order valence-corrected chi connectivity index (χ0v) is 15.4. The third kappa shape index (κ3) is 3.18. The Morgan fingerprint density at radius 2 is 2.11 bits per heavy atom. The lowest BCUT2D eigenvalue weighted by Crippen LogP contribution is -2.58. The number of aliphatic carboxylic acids is 1. The highest BCUT2D eigenvalue weighted by atomic mass is 16.5. The lowest BCUT2D eigenvalue weighted by Gasteiger charge is -2.43. The van der Waals surface area contributed by atoms with Crippen molar-refractivity contribution in [1.82, 2.24) is 15.1 Å². The van der Waals surface area contributed by atoms with Gasteiger partial charge in [0.25, 0.3) is 5.91 Å². The van der Waals surface area contributed by atoms with Crippen LogP contribution in [0.15, 0.2) is 30.3 Å². The van der Waals surface area contributed by atoms with Crippen LogP contribution in [0.4, 0.5) is 0 Å². The number of carboxylic acids is 1. The molecule has 1 fully saturated rings. The Hall–Kier alpha value is -2.71. The van der Waals surface area contributed by atoms with E-state index in [0.29, 0.717) is 19.6 Å². The number of carbonyl (C=O) groups is 2. The summed E-state index contributed by atoms with van der Waals surface area (Å²) >= 11 is 0. The highest BCUT2D eigenvalue weighted by Crippen LogP contribution is 2.35. The van der Waals surface area contributed by atoms with Gasteiger partial charge in [0, 0.05) is 30.8 Å². The third-order valence-electron chi connectivity index (χ3n) is 5.76. The van der Waals surface area contributed by atoms with Crippen LogP contribution in [-0.2, 0) is 29.0 Å². The first kappa shape index (κ1) is 18.6. The summed E-state index contributed by atoms with van der Waals surface area (Å²) in [4.78, 5) is 26.8. The molecule has 1 aromatic heterocycles. The quantitative estimate of drug-likeness (QED) is 0.723. The normalized spacial score (nSPS) is 24.6. The van der Waals surface area contributed by atoms with E-state index in [1.54, 1.807) is 0 Å². The van der Waals surface area contributed by atoms with Crippen molar-refractivity contribution < 1.29 is 24.5 Å². The molecular formula is C20H23N3O5. The molecule has 0 radical (unpaired) electrons. The van der Waals surface area contributed by atoms with Gasteiger partial charge in [-0.2, -0.15) is 5.10 Å². The van der Waals surface area contributed by atoms with E-state index in [-0.39, 0.29) is 37.5 Å². The minimum absolute atomic E-state index is 0.0697. The lowest BCUT2D eigenvalue weighted by molar-refractivity contribution is -0.161. The van der Waals surface area contributed by atoms with E-state index in [0.717, 1.165) is 16.8 Å². The van der Waals surface area contributed by atoms with Crippen molar-refractivity contribution in [3.63, 3.8) is 0 Å². The third-order valence-corrected chi connectivity index (χ3v) is 5.76. The first-order valence-corrected chi connectivity index (χ1v) is 9.40. The Bertz CT molecular complexity index is 881. The van der Waals surface area contributed by atoms with Crippen molar-refractivity contribution >= 4 is 11.9 Å². The fraction of sp³-hybridized carbons (Fsp3) is 0.450. The maximum atomic E-state index is 13.1. The first-order chi connectivity index (χ1) is 13.5. The molecule has 148 valence electrons. The molecule has 1 amide bonds. The molecule has 0 bridgehead atoms. The first-order valence-electron chi connectivity index (χ1n) is 9.40. The molecule has 3 N–H and O–H groups in total. The second kappa shape index (κ2) is 7.37. The number of fused-ring (bicyclic) bond motifs is 1. The van der Waals surface area contributed by atoms with Gasteiger partial charge in [-0.3, -0.25) is 14.7 Å². The number of piperidine rings is 1. The molecule has 3 heterocycles. The summed E-state index contributed by atoms with van der Waals surface area (Å²) in [6.07, 6.45) is -0.0173. The van der Waals surface area contributed by atoms with E-state index < -0.39 is 17.5 Å². The van der Waals surface area contributed by atoms with Gasteiger partial charge in [-0.05, 0) is 18.4 Å². The number of amides is 1. The molecule has 28 heavy (non-hydrogen) atoms. The molecule has 2 aromatic rings. The van der Waals surface area contributed by atoms with Gasteiger partial charge >= 0.3 is 5.97 Å². The van der Waals surface area contributed by atoms with Crippen molar-refractivity contribution in [2.45, 2.75) is 32.0 Å². The van der Waals surface area contributed by atoms with Crippen molar-refractivity contribution in [3.8, 4) is 0 Å². The number of rotatable bonds is 4. The fourth-order valence-corrected chi connectivity index (χ4v) is 4.11. The molecular weight excluding hydrogens is 362 g/mol. The van der Waals surface area contributed by atoms with Gasteiger partial charge in [0.15, 0.2) is 5.69 Å². The zero-order valence-electron chi connectivity index (χ0n) is 15.4. The number of aliphatic hydroxyl groups excluding tert-OH is 1. The lowest BCUT2D eigenvalue weighted by atomic mass is 9.72. The number of benzene rings is 1. The topological polar surface area (TPSA) is 116 Å². The summed E-state index contributed by atoms with van der Waals surface area (Å²) in [5.41, 5.74) is 1.27. The fourth-order valence-electron chi connectivity index (χ4n) is 4.11. The number of hydrogen-bond donors (Lipinski definition) is 3. The minimum atomic E-state index is -1.46. The maximum absolute atomic E-state index is 13.1. The Morgan fingerprint density at radius 1 is 1.32 bits per heavy atom. The van der Waals surface area contributed by atoms with Gasteiger partial charge in [-0.25, -0.2) is 0 Å². The second-order valence-corrected chi connectivity index (χ2v) is 7.49. The summed E-state index contributed by atoms with van der Waals surface area (Å²) in [7, 11) is 0. The van der Waals surface area contributed by atoms with Crippen molar-refractivity contribution in [3.05, 3.63) is 52.8 Å². The number of ether oxygens (including phenoxy) is 1. The van der Waals surface area contributed by atoms with Crippen LogP contribution in [0, 0.1) is 5.41 Å². The van der Waals surface area contributed by atoms with E-state index in [1.807, 2.05) is 30.3 Å². The molecule has 8 heteroatoms. The molecule has 0 saturated carbocycles. The zero-order chi connectivity index (χ0) is 19.7. The van der Waals surface area contributed by atoms with Crippen molar-refractivity contribution in [2.24, 2.45) is 5.41 Å². The predicted molar refractivity (Wildman–Crippen MR) is 98.7 cm³/mol. The summed E-state index contributed by atoms with van der Waals surface area (Å²) in [6, 6.07) is 9.18. The number of aromatic nitrogens is 2. The monoisotopic (exact) mass is 385 g/mol. The van der Waals surface area contributed by atoms with E-state index in [2.05, 4.69) is 10.2 Å². The molecule has 2 atom stereocenters. The van der Waals surface area contributed by atoms with Crippen LogP contribution in [0.1, 0.15) is 33.7 Å². The van der Waals surface area contributed by atoms with Gasteiger partial charge in [0.2, 0.25) is 0 Å². The summed E-state index contributed by atoms with van der Waals surface area (Å²) in [5, 5.41) is 27.7. The van der Waals surface area contributed by atoms with Gasteiger partial charge < -0.3 is 19.8 Å². The summed E-state index contributed by atoms with van der Waals surface area (Å²) < 4.78 is 5.44.